The van der Waals surface area contributed by atoms with Gasteiger partial charge in [0, 0.05) is 30.0 Å². The van der Waals surface area contributed by atoms with E-state index < -0.39 is 11.2 Å². The Morgan fingerprint density at radius 3 is 2.72 bits per heavy atom. The Hall–Kier alpha value is -3.19. The highest BCUT2D eigenvalue weighted by Gasteiger charge is 2.28. The molecule has 170 valence electrons. The maximum atomic E-state index is 12.5. The van der Waals surface area contributed by atoms with Crippen molar-refractivity contribution in [3.8, 4) is 6.07 Å². The number of carbonyl (C=O) groups is 2. The van der Waals surface area contributed by atoms with E-state index in [1.165, 1.54) is 11.3 Å². The lowest BCUT2D eigenvalue weighted by Gasteiger charge is -2.29. The van der Waals surface area contributed by atoms with Crippen molar-refractivity contribution in [2.24, 2.45) is 0 Å². The summed E-state index contributed by atoms with van der Waals surface area (Å²) in [5.41, 5.74) is 2.05. The molecule has 0 saturated heterocycles. The highest BCUT2D eigenvalue weighted by atomic mass is 32.1. The molecular weight excluding hydrogens is 430 g/mol. The maximum absolute atomic E-state index is 12.5. The zero-order chi connectivity index (χ0) is 23.6. The van der Waals surface area contributed by atoms with Crippen LogP contribution in [0.1, 0.15) is 60.1 Å². The summed E-state index contributed by atoms with van der Waals surface area (Å²) in [6, 6.07) is 1.92. The van der Waals surface area contributed by atoms with Gasteiger partial charge in [0.2, 0.25) is 5.91 Å². The number of nitrogens with one attached hydrogen (secondary N) is 2. The van der Waals surface area contributed by atoms with Crippen molar-refractivity contribution in [2.75, 3.05) is 11.9 Å². The van der Waals surface area contributed by atoms with Gasteiger partial charge in [0.25, 0.3) is 5.56 Å². The molecule has 10 heteroatoms. The number of hydrogen-bond acceptors (Lipinski definition) is 7. The molecule has 0 unspecified atom stereocenters. The number of thiazole rings is 1. The van der Waals surface area contributed by atoms with Gasteiger partial charge in [-0.25, -0.2) is 9.78 Å². The molecule has 2 aromatic rings. The molecule has 0 radical (unpaired) electrons. The van der Waals surface area contributed by atoms with Crippen molar-refractivity contribution in [3.63, 3.8) is 0 Å². The molecule has 0 aromatic carbocycles. The smallest absolute Gasteiger partial charge is 0.410 e. The van der Waals surface area contributed by atoms with Gasteiger partial charge in [-0.2, -0.15) is 5.26 Å². The fourth-order valence-electron chi connectivity index (χ4n) is 3.57. The molecule has 3 rings (SSSR count). The van der Waals surface area contributed by atoms with Crippen molar-refractivity contribution in [2.45, 2.75) is 66.0 Å². The van der Waals surface area contributed by atoms with E-state index in [-0.39, 0.29) is 24.0 Å². The minimum atomic E-state index is -0.555. The highest BCUT2D eigenvalue weighted by molar-refractivity contribution is 7.15. The van der Waals surface area contributed by atoms with E-state index in [0.29, 0.717) is 42.3 Å². The molecule has 0 aliphatic carbocycles. The minimum Gasteiger partial charge on any atom is -0.444 e. The summed E-state index contributed by atoms with van der Waals surface area (Å²) in [5, 5.41) is 12.5. The summed E-state index contributed by atoms with van der Waals surface area (Å²) in [6.07, 6.45) is 0.831. The number of ether oxygens (including phenoxy) is 1. The molecule has 2 aromatic heterocycles. The molecule has 0 spiro atoms. The molecule has 1 aliphatic rings. The Morgan fingerprint density at radius 1 is 1.34 bits per heavy atom. The number of aromatic nitrogens is 2. The summed E-state index contributed by atoms with van der Waals surface area (Å²) in [6.45, 7) is 9.90. The summed E-state index contributed by atoms with van der Waals surface area (Å²) < 4.78 is 5.44. The first-order chi connectivity index (χ1) is 15.0. The molecule has 0 atom stereocenters. The van der Waals surface area contributed by atoms with E-state index in [9.17, 15) is 19.6 Å². The number of aryl methyl sites for hydroxylation is 1. The second kappa shape index (κ2) is 9.12. The molecule has 32 heavy (non-hydrogen) atoms. The number of pyridine rings is 1. The predicted molar refractivity (Wildman–Crippen MR) is 121 cm³/mol. The molecule has 0 fully saturated rings. The third-order valence-corrected chi connectivity index (χ3v) is 6.15. The second-order valence-electron chi connectivity index (χ2n) is 8.76. The van der Waals surface area contributed by atoms with Crippen LogP contribution in [0.15, 0.2) is 4.79 Å². The number of amides is 2. The van der Waals surface area contributed by atoms with Crippen LogP contribution in [0.25, 0.3) is 0 Å². The van der Waals surface area contributed by atoms with Crippen molar-refractivity contribution in [3.05, 3.63) is 43.3 Å². The van der Waals surface area contributed by atoms with Crippen molar-refractivity contribution < 1.29 is 14.3 Å². The van der Waals surface area contributed by atoms with Gasteiger partial charge in [-0.15, -0.1) is 0 Å². The van der Waals surface area contributed by atoms with Crippen LogP contribution in [0, 0.1) is 25.2 Å². The maximum Gasteiger partial charge on any atom is 0.410 e. The van der Waals surface area contributed by atoms with E-state index in [4.69, 9.17) is 4.74 Å². The van der Waals surface area contributed by atoms with Crippen LogP contribution < -0.4 is 10.9 Å². The second-order valence-corrected chi connectivity index (χ2v) is 9.84. The van der Waals surface area contributed by atoms with E-state index in [1.54, 1.807) is 18.7 Å². The Kier molecular flexibility index (Phi) is 6.69. The topological polar surface area (TPSA) is 128 Å². The molecule has 9 nitrogen and oxygen atoms in total. The molecule has 2 amide bonds. The number of fused-ring (bicyclic) bond motifs is 1. The Bertz CT molecular complexity index is 1150. The molecular formula is C22H27N5O4S. The molecule has 0 bridgehead atoms. The number of H-pyrrole nitrogens is 1. The first-order valence-electron chi connectivity index (χ1n) is 10.4. The standard InChI is InChI=1S/C22H27N5O4S/c1-12-14(13(2)24-19(29)15(12)10-23)6-7-18(28)26-20-25-16-8-9-27(11-17(16)32-20)21(30)31-22(3,4)5/h6-9,11H2,1-5H3,(H,24,29)(H,25,26,28). The van der Waals surface area contributed by atoms with Gasteiger partial charge in [0.15, 0.2) is 5.13 Å². The fraction of sp³-hybridized carbons (Fsp3) is 0.500. The van der Waals surface area contributed by atoms with Gasteiger partial charge >= 0.3 is 6.09 Å². The lowest BCUT2D eigenvalue weighted by Crippen LogP contribution is -2.39. The predicted octanol–water partition coefficient (Wildman–Crippen LogP) is 3.18. The van der Waals surface area contributed by atoms with E-state index >= 15 is 0 Å². The number of hydrogen-bond donors (Lipinski definition) is 2. The van der Waals surface area contributed by atoms with Crippen LogP contribution >= 0.6 is 11.3 Å². The summed E-state index contributed by atoms with van der Waals surface area (Å²) >= 11 is 1.36. The zero-order valence-corrected chi connectivity index (χ0v) is 19.7. The average molecular weight is 458 g/mol. The monoisotopic (exact) mass is 457 g/mol. The summed E-state index contributed by atoms with van der Waals surface area (Å²) in [7, 11) is 0. The van der Waals surface area contributed by atoms with Crippen LogP contribution in [0.5, 0.6) is 0 Å². The largest absolute Gasteiger partial charge is 0.444 e. The minimum absolute atomic E-state index is 0.0770. The number of rotatable bonds is 4. The first-order valence-corrected chi connectivity index (χ1v) is 11.2. The van der Waals surface area contributed by atoms with E-state index in [0.717, 1.165) is 16.1 Å². The van der Waals surface area contributed by atoms with Gasteiger partial charge < -0.3 is 19.9 Å². The summed E-state index contributed by atoms with van der Waals surface area (Å²) in [5.74, 6) is -0.205. The van der Waals surface area contributed by atoms with Gasteiger partial charge in [0.1, 0.15) is 17.2 Å². The SMILES string of the molecule is Cc1[nH]c(=O)c(C#N)c(C)c1CCC(=O)Nc1nc2c(s1)CN(C(=O)OC(C)(C)C)CC2. The first kappa shape index (κ1) is 23.5. The number of carbonyl (C=O) groups excluding carboxylic acids is 2. The lowest BCUT2D eigenvalue weighted by molar-refractivity contribution is -0.116. The fourth-order valence-corrected chi connectivity index (χ4v) is 4.61. The number of anilines is 1. The highest BCUT2D eigenvalue weighted by Crippen LogP contribution is 2.29. The Labute approximate surface area is 190 Å². The van der Waals surface area contributed by atoms with Crippen LogP contribution in [0.4, 0.5) is 9.93 Å². The lowest BCUT2D eigenvalue weighted by atomic mass is 9.99. The third-order valence-electron chi connectivity index (χ3n) is 5.15. The number of nitrogens with zero attached hydrogens (tertiary/aromatic N) is 3. The van der Waals surface area contributed by atoms with Crippen LogP contribution in [-0.4, -0.2) is 39.0 Å². The third kappa shape index (κ3) is 5.34. The zero-order valence-electron chi connectivity index (χ0n) is 18.9. The van der Waals surface area contributed by atoms with E-state index in [1.807, 2.05) is 26.8 Å². The van der Waals surface area contributed by atoms with Crippen LogP contribution in [-0.2, 0) is 28.9 Å². The van der Waals surface area contributed by atoms with Gasteiger partial charge in [-0.1, -0.05) is 11.3 Å². The normalized spacial score (nSPS) is 13.3. The van der Waals surface area contributed by atoms with Gasteiger partial charge in [-0.3, -0.25) is 9.59 Å². The Morgan fingerprint density at radius 2 is 2.06 bits per heavy atom. The van der Waals surface area contributed by atoms with Crippen molar-refractivity contribution in [1.29, 1.82) is 5.26 Å². The number of nitriles is 1. The Balaban J connectivity index is 1.62. The summed E-state index contributed by atoms with van der Waals surface area (Å²) in [4.78, 5) is 46.4. The van der Waals surface area contributed by atoms with Gasteiger partial charge in [0.05, 0.1) is 12.2 Å². The average Bonchev–Trinajstić information content (AvgIpc) is 3.07. The van der Waals surface area contributed by atoms with Crippen LogP contribution in [0.3, 0.4) is 0 Å². The van der Waals surface area contributed by atoms with E-state index in [2.05, 4.69) is 15.3 Å². The van der Waals surface area contributed by atoms with Crippen LogP contribution in [0.2, 0.25) is 0 Å². The molecule has 0 saturated carbocycles. The molecule has 3 heterocycles. The van der Waals surface area contributed by atoms with Crippen molar-refractivity contribution in [1.82, 2.24) is 14.9 Å². The quantitative estimate of drug-likeness (QED) is 0.726. The van der Waals surface area contributed by atoms with Crippen molar-refractivity contribution >= 4 is 28.5 Å². The molecule has 2 N–H and O–H groups in total. The number of aromatic amines is 1. The van der Waals surface area contributed by atoms with Gasteiger partial charge in [-0.05, 0) is 52.2 Å². The molecule has 1 aliphatic heterocycles.